The Morgan fingerprint density at radius 1 is 1.36 bits per heavy atom. The van der Waals surface area contributed by atoms with Gasteiger partial charge in [-0.15, -0.1) is 5.10 Å². The van der Waals surface area contributed by atoms with Gasteiger partial charge < -0.3 is 25.4 Å². The van der Waals surface area contributed by atoms with E-state index in [4.69, 9.17) is 28.0 Å². The third-order valence-electron chi connectivity index (χ3n) is 4.85. The van der Waals surface area contributed by atoms with E-state index in [1.54, 1.807) is 0 Å². The van der Waals surface area contributed by atoms with Gasteiger partial charge in [-0.3, -0.25) is 0 Å². The first-order chi connectivity index (χ1) is 23.7. The summed E-state index contributed by atoms with van der Waals surface area (Å²) in [5.41, 5.74) is -5.32. The van der Waals surface area contributed by atoms with Crippen molar-refractivity contribution in [2.75, 3.05) is 24.2 Å². The van der Waals surface area contributed by atoms with Crippen LogP contribution in [0.5, 0.6) is 0 Å². The molecule has 1 aromatic carbocycles. The molecule has 2 aliphatic rings. The maximum absolute atomic E-state index is 15.0. The number of aromatic nitrogens is 5. The van der Waals surface area contributed by atoms with Gasteiger partial charge in [0.2, 0.25) is 0 Å². The number of halogens is 1. The summed E-state index contributed by atoms with van der Waals surface area (Å²) >= 11 is 0.276. The molecule has 2 aromatic heterocycles. The van der Waals surface area contributed by atoms with Gasteiger partial charge in [0.15, 0.2) is 22.1 Å². The summed E-state index contributed by atoms with van der Waals surface area (Å²) in [6.45, 7) is -2.42. The maximum Gasteiger partial charge on any atom is 0.191 e. The molecule has 2 aliphatic carbocycles. The lowest BCUT2D eigenvalue weighted by atomic mass is 10.1. The van der Waals surface area contributed by atoms with Gasteiger partial charge in [-0.1, -0.05) is 36.0 Å². The quantitative estimate of drug-likeness (QED) is 0.226. The SMILES string of the molecule is [2H]c1c([2H])c([C@]2([2H])C([2H])([2H])[C@@]2([2H])Nc2nc(SC([2H])([2H])CC)nc3c2nnn3[C@]2([2H])C([2H])([2H])[C@]([2H])(OCC([2H])([2H])O)[C@@]([2H])(O)[C@@]2([2H])O)c([2H])c(F)c1C. The standard InChI is InChI=1S/C24H31FN6O4S/c1-3-8-36-24-27-22(26-16-10-14(16)13-5-4-12(2)15(25)9-13)19-23(28-24)31(30-29-19)17-11-18(35-7-6-32)21(34)20(17)33/h4-5,9,14,16-18,20-21,32-34H,3,6-8,10-11H2,1-2H3,(H,26,27,28)/t14-,16+,17+,18-,20-,21+/m0/s1/i4D,5D,6D2,8D2,9D,10D2,11D2,14D,16D,17D,18D,20D,21D. The van der Waals surface area contributed by atoms with E-state index >= 15 is 0 Å². The number of anilines is 1. The number of fused-ring (bicyclic) bond motifs is 1. The second-order valence-electron chi connectivity index (χ2n) is 7.26. The molecule has 0 amide bonds. The first-order valence-corrected chi connectivity index (χ1v) is 11.2. The first-order valence-electron chi connectivity index (χ1n) is 18.9. The molecule has 36 heavy (non-hydrogen) atoms. The molecule has 12 heteroatoms. The van der Waals surface area contributed by atoms with E-state index < -0.39 is 125 Å². The van der Waals surface area contributed by atoms with Crippen LogP contribution in [-0.4, -0.2) is 83.4 Å². The fourth-order valence-corrected chi connectivity index (χ4v) is 3.63. The highest BCUT2D eigenvalue weighted by Gasteiger charge is 2.45. The fraction of sp³-hybridized carbons (Fsp3) is 0.583. The molecular weight excluding hydrogens is 487 g/mol. The monoisotopic (exact) mass is 535 g/mol. The van der Waals surface area contributed by atoms with E-state index in [0.29, 0.717) is 0 Å². The molecule has 0 saturated heterocycles. The predicted molar refractivity (Wildman–Crippen MR) is 133 cm³/mol. The van der Waals surface area contributed by atoms with Gasteiger partial charge in [0.1, 0.15) is 18.0 Å². The molecule has 6 atom stereocenters. The van der Waals surface area contributed by atoms with Crippen LogP contribution in [0.25, 0.3) is 11.2 Å². The van der Waals surface area contributed by atoms with Crippen LogP contribution in [0.4, 0.5) is 10.2 Å². The highest BCUT2D eigenvalue weighted by Crippen LogP contribution is 2.44. The van der Waals surface area contributed by atoms with Crippen molar-refractivity contribution in [2.45, 2.75) is 74.3 Å². The van der Waals surface area contributed by atoms with E-state index in [2.05, 4.69) is 25.6 Å². The van der Waals surface area contributed by atoms with Gasteiger partial charge >= 0.3 is 0 Å². The van der Waals surface area contributed by atoms with Gasteiger partial charge in [0.25, 0.3) is 0 Å². The van der Waals surface area contributed by atoms with Crippen LogP contribution >= 0.6 is 11.8 Å². The van der Waals surface area contributed by atoms with Gasteiger partial charge in [0.05, 0.1) is 39.0 Å². The average Bonchev–Trinajstić information content (AvgIpc) is 3.31. The third kappa shape index (κ3) is 4.92. The number of nitrogens with zero attached hydrogens (tertiary/aromatic N) is 5. The van der Waals surface area contributed by atoms with Gasteiger partial charge in [-0.05, 0) is 36.9 Å². The minimum Gasteiger partial charge on any atom is -0.394 e. The third-order valence-corrected chi connectivity index (χ3v) is 5.64. The molecule has 0 unspecified atom stereocenters. The molecule has 2 fully saturated rings. The average molecular weight is 536 g/mol. The van der Waals surface area contributed by atoms with Crippen LogP contribution in [0, 0.1) is 12.7 Å². The highest BCUT2D eigenvalue weighted by molar-refractivity contribution is 7.99. The lowest BCUT2D eigenvalue weighted by molar-refractivity contribution is -0.0629. The number of nitrogens with one attached hydrogen (secondary N) is 1. The zero-order valence-corrected chi connectivity index (χ0v) is 19.5. The Hall–Kier alpha value is -2.38. The van der Waals surface area contributed by atoms with Crippen molar-refractivity contribution in [3.63, 3.8) is 0 Å². The molecular formula is C24H31FN6O4S. The Labute approximate surface area is 236 Å². The minimum atomic E-state index is -4.21. The highest BCUT2D eigenvalue weighted by atomic mass is 32.2. The molecule has 0 aliphatic heterocycles. The lowest BCUT2D eigenvalue weighted by Gasteiger charge is -2.17. The van der Waals surface area contributed by atoms with E-state index in [1.807, 2.05) is 0 Å². The molecule has 0 radical (unpaired) electrons. The Balaban J connectivity index is 1.76. The van der Waals surface area contributed by atoms with Gasteiger partial charge in [-0.2, -0.15) is 0 Å². The number of benzene rings is 1. The Kier molecular flexibility index (Phi) is 3.51. The zero-order valence-electron chi connectivity index (χ0n) is 35.7. The smallest absolute Gasteiger partial charge is 0.191 e. The predicted octanol–water partition coefficient (Wildman–Crippen LogP) is 2.18. The molecule has 5 rings (SSSR count). The summed E-state index contributed by atoms with van der Waals surface area (Å²) in [5, 5.41) is 40.7. The van der Waals surface area contributed by atoms with Crippen molar-refractivity contribution in [1.29, 1.82) is 0 Å². The van der Waals surface area contributed by atoms with E-state index in [1.165, 1.54) is 6.92 Å². The first kappa shape index (κ1) is 12.0. The van der Waals surface area contributed by atoms with Crippen molar-refractivity contribution in [2.24, 2.45) is 0 Å². The number of aliphatic hydroxyl groups is 3. The molecule has 0 spiro atoms. The second-order valence-corrected chi connectivity index (χ2v) is 8.12. The van der Waals surface area contributed by atoms with Crippen molar-refractivity contribution in [1.82, 2.24) is 25.0 Å². The van der Waals surface area contributed by atoms with E-state index in [9.17, 15) is 19.7 Å². The molecule has 4 N–H and O–H groups in total. The summed E-state index contributed by atoms with van der Waals surface area (Å²) in [5.74, 6) is -5.18. The van der Waals surface area contributed by atoms with E-state index in [0.717, 1.165) is 6.92 Å². The topological polar surface area (TPSA) is 138 Å². The largest absolute Gasteiger partial charge is 0.394 e. The minimum absolute atomic E-state index is 0.00183. The summed E-state index contributed by atoms with van der Waals surface area (Å²) in [6.07, 6.45) is -19.7. The van der Waals surface area contributed by atoms with Crippen LogP contribution in [0.15, 0.2) is 23.3 Å². The zero-order chi connectivity index (χ0) is 40.7. The fourth-order valence-electron chi connectivity index (χ4n) is 3.09. The Bertz CT molecular complexity index is 1990. The number of ether oxygens (including phenoxy) is 1. The van der Waals surface area contributed by atoms with Crippen LogP contribution in [0.1, 0.15) is 72.4 Å². The van der Waals surface area contributed by atoms with Crippen molar-refractivity contribution >= 4 is 28.7 Å². The maximum atomic E-state index is 15.0. The number of rotatable bonds is 10. The molecule has 3 aromatic rings. The number of thioether (sulfide) groups is 1. The molecule has 10 nitrogen and oxygen atoms in total. The summed E-state index contributed by atoms with van der Waals surface area (Å²) in [7, 11) is 0. The number of hydrogen-bond acceptors (Lipinski definition) is 10. The molecule has 0 bridgehead atoms. The normalized spacial score (nSPS) is 50.3. The van der Waals surface area contributed by atoms with Crippen molar-refractivity contribution in [3.8, 4) is 0 Å². The lowest BCUT2D eigenvalue weighted by Crippen LogP contribution is -2.33. The van der Waals surface area contributed by atoms with Crippen LogP contribution in [-0.2, 0) is 4.74 Å². The van der Waals surface area contributed by atoms with Crippen LogP contribution < -0.4 is 5.32 Å². The van der Waals surface area contributed by atoms with Crippen LogP contribution in [0.3, 0.4) is 0 Å². The second kappa shape index (κ2) is 10.5. The molecule has 2 saturated carbocycles. The molecule has 2 heterocycles. The Morgan fingerprint density at radius 2 is 2.19 bits per heavy atom. The van der Waals surface area contributed by atoms with Gasteiger partial charge in [-0.25, -0.2) is 19.0 Å². The molecule has 194 valence electrons. The summed E-state index contributed by atoms with van der Waals surface area (Å²) in [4.78, 5) is 8.08. The van der Waals surface area contributed by atoms with Crippen LogP contribution in [0.2, 0.25) is 0 Å². The van der Waals surface area contributed by atoms with E-state index in [-0.39, 0.29) is 22.9 Å². The van der Waals surface area contributed by atoms with Crippen molar-refractivity contribution in [3.05, 3.63) is 35.1 Å². The Morgan fingerprint density at radius 3 is 2.97 bits per heavy atom. The van der Waals surface area contributed by atoms with Crippen molar-refractivity contribution < 1.29 is 47.7 Å². The van der Waals surface area contributed by atoms with Gasteiger partial charge in [0, 0.05) is 33.6 Å². The summed E-state index contributed by atoms with van der Waals surface area (Å²) in [6, 6.07) is -9.81. The summed E-state index contributed by atoms with van der Waals surface area (Å²) < 4.78 is 162. The number of hydrogen-bond donors (Lipinski definition) is 4.